The van der Waals surface area contributed by atoms with Crippen molar-refractivity contribution in [2.24, 2.45) is 5.73 Å². The third-order valence-corrected chi connectivity index (χ3v) is 2.25. The van der Waals surface area contributed by atoms with Gasteiger partial charge in [0, 0.05) is 11.9 Å². The van der Waals surface area contributed by atoms with Crippen molar-refractivity contribution in [3.05, 3.63) is 41.7 Å². The van der Waals surface area contributed by atoms with E-state index in [0.717, 1.165) is 5.69 Å². The number of nitrogens with zero attached hydrogens (tertiary/aromatic N) is 3. The normalized spacial score (nSPS) is 9.88. The van der Waals surface area contributed by atoms with Crippen molar-refractivity contribution in [2.75, 3.05) is 0 Å². The highest BCUT2D eigenvalue weighted by Gasteiger charge is 2.13. The summed E-state index contributed by atoms with van der Waals surface area (Å²) in [5.41, 5.74) is 7.17. The Morgan fingerprint density at radius 2 is 2.29 bits per heavy atom. The molecule has 0 aliphatic rings. The minimum atomic E-state index is -0.632. The first-order valence-corrected chi connectivity index (χ1v) is 4.90. The number of nitrogens with two attached hydrogens (primary N) is 1. The second-order valence-corrected chi connectivity index (χ2v) is 3.49. The minimum Gasteiger partial charge on any atom is -0.363 e. The van der Waals surface area contributed by atoms with E-state index in [1.54, 1.807) is 12.4 Å². The van der Waals surface area contributed by atoms with Crippen molar-refractivity contribution >= 4 is 5.91 Å². The molecule has 0 spiro atoms. The van der Waals surface area contributed by atoms with Crippen LogP contribution in [0, 0.1) is 19.3 Å². The lowest BCUT2D eigenvalue weighted by atomic mass is 10.3. The molecule has 2 aromatic heterocycles. The summed E-state index contributed by atoms with van der Waals surface area (Å²) in [7, 11) is 0. The molecule has 1 amide bonds. The standard InChI is InChI=1S/C12H10N4O/c1-3-9-7-16(12(15-9)11(13)17)10-5-4-8(2)14-6-10/h1,4-7H,2H3,(H2,13,17). The van der Waals surface area contributed by atoms with Crippen molar-refractivity contribution in [1.82, 2.24) is 14.5 Å². The Kier molecular flexibility index (Phi) is 2.63. The molecule has 5 heteroatoms. The predicted molar refractivity (Wildman–Crippen MR) is 62.5 cm³/mol. The molecule has 0 aliphatic carbocycles. The molecule has 2 aromatic rings. The van der Waals surface area contributed by atoms with Crippen molar-refractivity contribution < 1.29 is 4.79 Å². The van der Waals surface area contributed by atoms with Crippen LogP contribution in [-0.4, -0.2) is 20.4 Å². The number of hydrogen-bond donors (Lipinski definition) is 1. The van der Waals surface area contributed by atoms with Crippen LogP contribution in [0.15, 0.2) is 24.5 Å². The van der Waals surface area contributed by atoms with Crippen LogP contribution in [0.4, 0.5) is 0 Å². The van der Waals surface area contributed by atoms with Gasteiger partial charge in [0.25, 0.3) is 5.91 Å². The molecule has 2 rings (SSSR count). The second kappa shape index (κ2) is 4.10. The van der Waals surface area contributed by atoms with Crippen LogP contribution in [0.25, 0.3) is 5.69 Å². The SMILES string of the molecule is C#Cc1cn(-c2ccc(C)nc2)c(C(N)=O)n1. The largest absolute Gasteiger partial charge is 0.363 e. The van der Waals surface area contributed by atoms with Gasteiger partial charge < -0.3 is 5.73 Å². The zero-order valence-electron chi connectivity index (χ0n) is 9.21. The third-order valence-electron chi connectivity index (χ3n) is 2.25. The molecule has 0 atom stereocenters. The fourth-order valence-corrected chi connectivity index (χ4v) is 1.42. The number of carbonyl (C=O) groups is 1. The fraction of sp³-hybridized carbons (Fsp3) is 0.0833. The van der Waals surface area contributed by atoms with Gasteiger partial charge in [-0.3, -0.25) is 14.3 Å². The summed E-state index contributed by atoms with van der Waals surface area (Å²) < 4.78 is 1.53. The van der Waals surface area contributed by atoms with Crippen LogP contribution >= 0.6 is 0 Å². The molecule has 0 unspecified atom stereocenters. The number of imidazole rings is 1. The van der Waals surface area contributed by atoms with Gasteiger partial charge in [0.05, 0.1) is 11.9 Å². The molecule has 0 radical (unpaired) electrons. The minimum absolute atomic E-state index is 0.101. The Morgan fingerprint density at radius 1 is 1.53 bits per heavy atom. The highest BCUT2D eigenvalue weighted by Crippen LogP contribution is 2.11. The van der Waals surface area contributed by atoms with E-state index in [1.807, 2.05) is 19.1 Å². The Hall–Kier alpha value is -2.61. The highest BCUT2D eigenvalue weighted by atomic mass is 16.1. The molecule has 17 heavy (non-hydrogen) atoms. The van der Waals surface area contributed by atoms with Crippen LogP contribution < -0.4 is 5.73 Å². The van der Waals surface area contributed by atoms with Crippen LogP contribution in [0.5, 0.6) is 0 Å². The number of terminal acetylenes is 1. The molecule has 84 valence electrons. The van der Waals surface area contributed by atoms with E-state index in [-0.39, 0.29) is 5.82 Å². The summed E-state index contributed by atoms with van der Waals surface area (Å²) in [6, 6.07) is 3.65. The quantitative estimate of drug-likeness (QED) is 0.764. The molecule has 0 saturated heterocycles. The molecule has 0 fully saturated rings. The molecular weight excluding hydrogens is 216 g/mol. The number of carbonyl (C=O) groups excluding carboxylic acids is 1. The summed E-state index contributed by atoms with van der Waals surface area (Å²) in [5, 5.41) is 0. The van der Waals surface area contributed by atoms with E-state index in [4.69, 9.17) is 12.2 Å². The number of aromatic nitrogens is 3. The van der Waals surface area contributed by atoms with Gasteiger partial charge in [-0.25, -0.2) is 4.98 Å². The first-order valence-electron chi connectivity index (χ1n) is 4.90. The van der Waals surface area contributed by atoms with Gasteiger partial charge in [-0.15, -0.1) is 6.42 Å². The van der Waals surface area contributed by atoms with E-state index in [9.17, 15) is 4.79 Å². The average Bonchev–Trinajstić information content (AvgIpc) is 2.74. The van der Waals surface area contributed by atoms with Crippen LogP contribution in [0.3, 0.4) is 0 Å². The Balaban J connectivity index is 2.58. The van der Waals surface area contributed by atoms with Gasteiger partial charge in [-0.05, 0) is 25.0 Å². The monoisotopic (exact) mass is 226 g/mol. The predicted octanol–water partition coefficient (Wildman–Crippen LogP) is 0.656. The molecular formula is C12H10N4O. The summed E-state index contributed by atoms with van der Waals surface area (Å²) in [6.07, 6.45) is 8.45. The summed E-state index contributed by atoms with van der Waals surface area (Å²) in [6.45, 7) is 1.87. The van der Waals surface area contributed by atoms with E-state index in [0.29, 0.717) is 11.4 Å². The van der Waals surface area contributed by atoms with E-state index >= 15 is 0 Å². The van der Waals surface area contributed by atoms with E-state index in [1.165, 1.54) is 4.57 Å². The van der Waals surface area contributed by atoms with Gasteiger partial charge in [0.2, 0.25) is 5.82 Å². The second-order valence-electron chi connectivity index (χ2n) is 3.49. The van der Waals surface area contributed by atoms with Gasteiger partial charge in [0.1, 0.15) is 5.69 Å². The van der Waals surface area contributed by atoms with Crippen molar-refractivity contribution in [3.63, 3.8) is 0 Å². The average molecular weight is 226 g/mol. The van der Waals surface area contributed by atoms with E-state index in [2.05, 4.69) is 15.9 Å². The zero-order chi connectivity index (χ0) is 12.4. The van der Waals surface area contributed by atoms with Gasteiger partial charge >= 0.3 is 0 Å². The number of rotatable bonds is 2. The zero-order valence-corrected chi connectivity index (χ0v) is 9.21. The lowest BCUT2D eigenvalue weighted by Gasteiger charge is -2.04. The number of amides is 1. The van der Waals surface area contributed by atoms with Gasteiger partial charge in [0.15, 0.2) is 0 Å². The molecule has 5 nitrogen and oxygen atoms in total. The van der Waals surface area contributed by atoms with Crippen LogP contribution in [-0.2, 0) is 0 Å². The third kappa shape index (κ3) is 2.01. The molecule has 2 heterocycles. The van der Waals surface area contributed by atoms with Crippen molar-refractivity contribution in [2.45, 2.75) is 6.92 Å². The molecule has 2 N–H and O–H groups in total. The van der Waals surface area contributed by atoms with Crippen molar-refractivity contribution in [3.8, 4) is 18.0 Å². The number of hydrogen-bond acceptors (Lipinski definition) is 3. The lowest BCUT2D eigenvalue weighted by Crippen LogP contribution is -2.17. The molecule has 0 aromatic carbocycles. The summed E-state index contributed by atoms with van der Waals surface area (Å²) in [4.78, 5) is 19.3. The maximum Gasteiger partial charge on any atom is 0.285 e. The molecule has 0 aliphatic heterocycles. The highest BCUT2D eigenvalue weighted by molar-refractivity contribution is 5.90. The smallest absolute Gasteiger partial charge is 0.285 e. The first-order chi connectivity index (χ1) is 8.11. The molecule has 0 bridgehead atoms. The topological polar surface area (TPSA) is 73.8 Å². The summed E-state index contributed by atoms with van der Waals surface area (Å²) in [5.74, 6) is 1.83. The maximum atomic E-state index is 11.2. The number of aryl methyl sites for hydroxylation is 1. The first kappa shape index (κ1) is 10.9. The summed E-state index contributed by atoms with van der Waals surface area (Å²) >= 11 is 0. The molecule has 0 saturated carbocycles. The van der Waals surface area contributed by atoms with Gasteiger partial charge in [-0.1, -0.05) is 0 Å². The van der Waals surface area contributed by atoms with Crippen LogP contribution in [0.2, 0.25) is 0 Å². The van der Waals surface area contributed by atoms with Crippen LogP contribution in [0.1, 0.15) is 22.0 Å². The Labute approximate surface area is 98.3 Å². The maximum absolute atomic E-state index is 11.2. The van der Waals surface area contributed by atoms with Gasteiger partial charge in [-0.2, -0.15) is 0 Å². The number of pyridine rings is 1. The van der Waals surface area contributed by atoms with E-state index < -0.39 is 5.91 Å². The fourth-order valence-electron chi connectivity index (χ4n) is 1.42. The van der Waals surface area contributed by atoms with Crippen molar-refractivity contribution in [1.29, 1.82) is 0 Å². The lowest BCUT2D eigenvalue weighted by molar-refractivity contribution is 0.0989. The Bertz CT molecular complexity index is 604. The Morgan fingerprint density at radius 3 is 2.82 bits per heavy atom. The number of primary amides is 1.